The molecular formula is C21H26N4O4. The van der Waals surface area contributed by atoms with Gasteiger partial charge in [-0.05, 0) is 51.3 Å². The Morgan fingerprint density at radius 1 is 1.03 bits per heavy atom. The normalized spacial score (nSPS) is 27.1. The molecule has 1 aromatic carbocycles. The van der Waals surface area contributed by atoms with Crippen LogP contribution in [0.15, 0.2) is 18.2 Å². The average Bonchev–Trinajstić information content (AvgIpc) is 2.98. The van der Waals surface area contributed by atoms with E-state index >= 15 is 0 Å². The minimum Gasteiger partial charge on any atom is -0.371 e. The standard InChI is InChI=1S/C21H26N4O4/c1-22-12-6-8-13(9-7-12)24(2)15-5-3-4-14-18(15)21(29)25(20(14)28)16-10-11-17(26)23-19(16)27/h3-5,12-13,16,22H,6-11H2,1-2H3,(H,23,26,27). The molecule has 2 aliphatic heterocycles. The van der Waals surface area contributed by atoms with E-state index < -0.39 is 23.8 Å². The van der Waals surface area contributed by atoms with Crippen LogP contribution in [0.3, 0.4) is 0 Å². The lowest BCUT2D eigenvalue weighted by Gasteiger charge is -2.36. The number of hydrogen-bond donors (Lipinski definition) is 2. The molecule has 8 heteroatoms. The molecule has 0 bridgehead atoms. The molecule has 0 spiro atoms. The van der Waals surface area contributed by atoms with E-state index in [1.54, 1.807) is 12.1 Å². The second-order valence-electron chi connectivity index (χ2n) is 8.05. The van der Waals surface area contributed by atoms with Crippen LogP contribution in [-0.4, -0.2) is 60.7 Å². The van der Waals surface area contributed by atoms with Gasteiger partial charge >= 0.3 is 0 Å². The van der Waals surface area contributed by atoms with Crippen LogP contribution in [-0.2, 0) is 9.59 Å². The predicted molar refractivity (Wildman–Crippen MR) is 107 cm³/mol. The molecular weight excluding hydrogens is 372 g/mol. The van der Waals surface area contributed by atoms with Crippen molar-refractivity contribution in [2.75, 3.05) is 19.0 Å². The summed E-state index contributed by atoms with van der Waals surface area (Å²) < 4.78 is 0. The van der Waals surface area contributed by atoms with E-state index in [1.165, 1.54) is 0 Å². The molecule has 1 aromatic rings. The van der Waals surface area contributed by atoms with Gasteiger partial charge in [0.1, 0.15) is 6.04 Å². The number of carbonyl (C=O) groups excluding carboxylic acids is 4. The highest BCUT2D eigenvalue weighted by molar-refractivity contribution is 6.25. The number of amides is 4. The zero-order chi connectivity index (χ0) is 20.7. The molecule has 0 radical (unpaired) electrons. The van der Waals surface area contributed by atoms with Crippen LogP contribution in [0.25, 0.3) is 0 Å². The van der Waals surface area contributed by atoms with Crippen LogP contribution in [0.1, 0.15) is 59.2 Å². The molecule has 1 saturated carbocycles. The van der Waals surface area contributed by atoms with Gasteiger partial charge in [-0.2, -0.15) is 0 Å². The molecule has 2 N–H and O–H groups in total. The zero-order valence-electron chi connectivity index (χ0n) is 16.7. The monoisotopic (exact) mass is 398 g/mol. The second-order valence-corrected chi connectivity index (χ2v) is 8.05. The Labute approximate surface area is 169 Å². The fourth-order valence-electron chi connectivity index (χ4n) is 4.74. The maximum absolute atomic E-state index is 13.2. The van der Waals surface area contributed by atoms with Gasteiger partial charge in [0.2, 0.25) is 11.8 Å². The van der Waals surface area contributed by atoms with Crippen molar-refractivity contribution in [3.05, 3.63) is 29.3 Å². The summed E-state index contributed by atoms with van der Waals surface area (Å²) in [6.45, 7) is 0. The van der Waals surface area contributed by atoms with Gasteiger partial charge in [-0.25, -0.2) is 0 Å². The van der Waals surface area contributed by atoms with E-state index in [0.29, 0.717) is 23.2 Å². The Bertz CT molecular complexity index is 875. The third-order valence-corrected chi connectivity index (χ3v) is 6.48. The number of imide groups is 2. The number of carbonyl (C=O) groups is 4. The minimum absolute atomic E-state index is 0.116. The first-order chi connectivity index (χ1) is 13.9. The van der Waals surface area contributed by atoms with Crippen LogP contribution < -0.4 is 15.5 Å². The summed E-state index contributed by atoms with van der Waals surface area (Å²) in [6, 6.07) is 5.15. The van der Waals surface area contributed by atoms with Crippen molar-refractivity contribution in [2.45, 2.75) is 56.7 Å². The Morgan fingerprint density at radius 3 is 2.41 bits per heavy atom. The lowest BCUT2D eigenvalue weighted by Crippen LogP contribution is -2.54. The van der Waals surface area contributed by atoms with Crippen molar-refractivity contribution in [1.82, 2.24) is 15.5 Å². The highest BCUT2D eigenvalue weighted by Crippen LogP contribution is 2.36. The zero-order valence-corrected chi connectivity index (χ0v) is 16.7. The molecule has 0 aromatic heterocycles. The van der Waals surface area contributed by atoms with Crippen LogP contribution >= 0.6 is 0 Å². The summed E-state index contributed by atoms with van der Waals surface area (Å²) in [5, 5.41) is 5.55. The van der Waals surface area contributed by atoms with E-state index in [-0.39, 0.29) is 18.7 Å². The first-order valence-corrected chi connectivity index (χ1v) is 10.2. The third-order valence-electron chi connectivity index (χ3n) is 6.48. The molecule has 2 heterocycles. The molecule has 4 rings (SSSR count). The first kappa shape index (κ1) is 19.6. The van der Waals surface area contributed by atoms with Gasteiger partial charge in [0.15, 0.2) is 0 Å². The minimum atomic E-state index is -0.940. The van der Waals surface area contributed by atoms with E-state index in [1.807, 2.05) is 20.2 Å². The largest absolute Gasteiger partial charge is 0.371 e. The van der Waals surface area contributed by atoms with Crippen molar-refractivity contribution in [2.24, 2.45) is 0 Å². The van der Waals surface area contributed by atoms with E-state index in [4.69, 9.17) is 0 Å². The summed E-state index contributed by atoms with van der Waals surface area (Å²) in [6.07, 6.45) is 4.42. The van der Waals surface area contributed by atoms with Crippen molar-refractivity contribution in [3.63, 3.8) is 0 Å². The third kappa shape index (κ3) is 3.31. The van der Waals surface area contributed by atoms with Gasteiger partial charge in [-0.15, -0.1) is 0 Å². The topological polar surface area (TPSA) is 98.8 Å². The predicted octanol–water partition coefficient (Wildman–Crippen LogP) is 1.05. The first-order valence-electron chi connectivity index (χ1n) is 10.2. The van der Waals surface area contributed by atoms with Crippen LogP contribution in [0.5, 0.6) is 0 Å². The Hall–Kier alpha value is -2.74. The molecule has 1 atom stereocenters. The van der Waals surface area contributed by atoms with Gasteiger partial charge in [0, 0.05) is 25.6 Å². The summed E-state index contributed by atoms with van der Waals surface area (Å²) in [4.78, 5) is 53.1. The average molecular weight is 398 g/mol. The van der Waals surface area contributed by atoms with Crippen molar-refractivity contribution in [3.8, 4) is 0 Å². The molecule has 2 fully saturated rings. The second kappa shape index (κ2) is 7.59. The van der Waals surface area contributed by atoms with E-state index in [0.717, 1.165) is 36.3 Å². The molecule has 1 unspecified atom stereocenters. The number of hydrogen-bond acceptors (Lipinski definition) is 6. The van der Waals surface area contributed by atoms with Crippen molar-refractivity contribution >= 4 is 29.3 Å². The number of nitrogens with zero attached hydrogens (tertiary/aromatic N) is 2. The number of anilines is 1. The molecule has 4 amide bonds. The highest BCUT2D eigenvalue weighted by atomic mass is 16.2. The molecule has 154 valence electrons. The van der Waals surface area contributed by atoms with Crippen LogP contribution in [0.2, 0.25) is 0 Å². The summed E-state index contributed by atoms with van der Waals surface area (Å²) in [7, 11) is 3.94. The number of fused-ring (bicyclic) bond motifs is 1. The summed E-state index contributed by atoms with van der Waals surface area (Å²) in [5.41, 5.74) is 1.41. The fraction of sp³-hybridized carbons (Fsp3) is 0.524. The van der Waals surface area contributed by atoms with Crippen molar-refractivity contribution < 1.29 is 19.2 Å². The smallest absolute Gasteiger partial charge is 0.264 e. The summed E-state index contributed by atoms with van der Waals surface area (Å²) >= 11 is 0. The maximum Gasteiger partial charge on any atom is 0.264 e. The number of nitrogens with one attached hydrogen (secondary N) is 2. The Morgan fingerprint density at radius 2 is 1.76 bits per heavy atom. The Balaban J connectivity index is 1.61. The molecule has 29 heavy (non-hydrogen) atoms. The van der Waals surface area contributed by atoms with Gasteiger partial charge in [0.05, 0.1) is 16.8 Å². The Kier molecular flexibility index (Phi) is 5.12. The van der Waals surface area contributed by atoms with E-state index in [2.05, 4.69) is 15.5 Å². The lowest BCUT2D eigenvalue weighted by molar-refractivity contribution is -0.136. The van der Waals surface area contributed by atoms with Gasteiger partial charge in [-0.1, -0.05) is 6.07 Å². The quantitative estimate of drug-likeness (QED) is 0.736. The fourth-order valence-corrected chi connectivity index (χ4v) is 4.74. The lowest BCUT2D eigenvalue weighted by atomic mass is 9.90. The maximum atomic E-state index is 13.2. The molecule has 3 aliphatic rings. The summed E-state index contributed by atoms with van der Waals surface area (Å²) in [5.74, 6) is -1.88. The molecule has 8 nitrogen and oxygen atoms in total. The molecule has 1 aliphatic carbocycles. The highest BCUT2D eigenvalue weighted by Gasteiger charge is 2.46. The van der Waals surface area contributed by atoms with Crippen molar-refractivity contribution in [1.29, 1.82) is 0 Å². The van der Waals surface area contributed by atoms with Gasteiger partial charge < -0.3 is 10.2 Å². The number of piperidine rings is 1. The van der Waals surface area contributed by atoms with Crippen LogP contribution in [0.4, 0.5) is 5.69 Å². The SMILES string of the molecule is CNC1CCC(N(C)c2cccc3c2C(=O)N(C2CCC(=O)NC2=O)C3=O)CC1. The van der Waals surface area contributed by atoms with Crippen LogP contribution in [0, 0.1) is 0 Å². The number of benzene rings is 1. The van der Waals surface area contributed by atoms with Gasteiger partial charge in [-0.3, -0.25) is 29.4 Å². The molecule has 1 saturated heterocycles. The number of rotatable bonds is 4. The van der Waals surface area contributed by atoms with Gasteiger partial charge in [0.25, 0.3) is 11.8 Å². The van der Waals surface area contributed by atoms with E-state index in [9.17, 15) is 19.2 Å².